The van der Waals surface area contributed by atoms with Crippen LogP contribution in [0, 0.1) is 5.92 Å². The highest BCUT2D eigenvalue weighted by molar-refractivity contribution is 6.68. The molecule has 0 N–H and O–H groups in total. The first-order valence-corrected chi connectivity index (χ1v) is 23.8. The monoisotopic (exact) mass is 861 g/mol. The van der Waals surface area contributed by atoms with Crippen molar-refractivity contribution in [1.29, 1.82) is 0 Å². The Labute approximate surface area is 416 Å². The van der Waals surface area contributed by atoms with E-state index in [1.165, 1.54) is 19.3 Å². The Balaban J connectivity index is 0.000000928. The first kappa shape index (κ1) is 44.3. The largest absolute Gasteiger partial charge is 0.314 e. The third-order valence-corrected chi connectivity index (χ3v) is 15.6. The predicted octanol–water partition coefficient (Wildman–Crippen LogP) is 3.90. The van der Waals surface area contributed by atoms with E-state index in [4.69, 9.17) is 78.5 Å². The normalized spacial score (nSPS) is 15.9. The van der Waals surface area contributed by atoms with Crippen LogP contribution in [0.5, 0.6) is 0 Å². The number of aryl methyl sites for hydroxylation is 1. The van der Waals surface area contributed by atoms with Crippen LogP contribution in [0.1, 0.15) is 68.7 Å². The summed E-state index contributed by atoms with van der Waals surface area (Å²) in [5.74, 6) is 0.111. The van der Waals surface area contributed by atoms with Crippen molar-refractivity contribution < 1.29 is 0 Å². The molecule has 0 aliphatic heterocycles. The molecule has 13 rings (SSSR count). The molecule has 0 spiro atoms. The van der Waals surface area contributed by atoms with Gasteiger partial charge in [-0.15, -0.1) is 16.4 Å². The lowest BCUT2D eigenvalue weighted by atomic mass is 9.63. The Hall–Kier alpha value is -5.93. The van der Waals surface area contributed by atoms with Gasteiger partial charge in [-0.05, 0) is 82.5 Å². The van der Waals surface area contributed by atoms with Gasteiger partial charge < -0.3 is 13.5 Å². The summed E-state index contributed by atoms with van der Waals surface area (Å²) < 4.78 is 6.62. The molecule has 20 radical (unpaired) electrons. The standard InChI is InChI=1S/C51H27B10N3.C5H10/c1-3-25-38(53)30(22-12-6-4-7-13-22)39(54)35-36-42(57)43(58)40(55)33-31-32-34-41(56)44(59)45(60)46(61)51(34)63(50(32)37(52)21(2)47(31)64(48(25)35)49(33)36)24-18-19-29-27(20-24)26-16-10-11-17-28(26)62(29)23-14-8-5-9-15-23;1-5-3-2-4-5/h4-21,37H,3H2,1-2H3;5H,2-4H2,1H3. The van der Waals surface area contributed by atoms with Gasteiger partial charge in [0.1, 0.15) is 70.6 Å². The molecule has 1 saturated carbocycles. The second kappa shape index (κ2) is 16.1. The highest BCUT2D eigenvalue weighted by Crippen LogP contribution is 2.55. The number of aromatic nitrogens is 3. The molecule has 306 valence electrons. The molecule has 0 bridgehead atoms. The lowest BCUT2D eigenvalue weighted by molar-refractivity contribution is 0.346. The van der Waals surface area contributed by atoms with Gasteiger partial charge >= 0.3 is 0 Å². The molecule has 4 heterocycles. The lowest BCUT2D eigenvalue weighted by Gasteiger charge is -2.31. The van der Waals surface area contributed by atoms with Gasteiger partial charge in [-0.1, -0.05) is 140 Å². The molecule has 2 unspecified atom stereocenters. The first-order chi connectivity index (χ1) is 33.3. The average Bonchev–Trinajstić information content (AvgIpc) is 4.09. The molecule has 3 nitrogen and oxygen atoms in total. The summed E-state index contributed by atoms with van der Waals surface area (Å²) in [5, 5.41) is 4.89. The molecule has 11 aromatic rings. The first-order valence-electron chi connectivity index (χ1n) is 23.8. The second-order valence-electron chi connectivity index (χ2n) is 19.3. The number of benzene rings is 7. The van der Waals surface area contributed by atoms with Crippen LogP contribution in [0.3, 0.4) is 0 Å². The highest BCUT2D eigenvalue weighted by atomic mass is 15.0. The summed E-state index contributed by atoms with van der Waals surface area (Å²) in [4.78, 5) is 0. The van der Waals surface area contributed by atoms with Crippen molar-refractivity contribution in [2.24, 2.45) is 5.92 Å². The van der Waals surface area contributed by atoms with Crippen molar-refractivity contribution in [3.63, 3.8) is 0 Å². The molecule has 69 heavy (non-hydrogen) atoms. The fourth-order valence-electron chi connectivity index (χ4n) is 11.9. The molecule has 7 aromatic carbocycles. The summed E-state index contributed by atoms with van der Waals surface area (Å²) in [6, 6.07) is 35.1. The van der Waals surface area contributed by atoms with Gasteiger partial charge in [-0.25, -0.2) is 0 Å². The van der Waals surface area contributed by atoms with Crippen molar-refractivity contribution in [1.82, 2.24) is 13.5 Å². The SMILES string of the molecule is CC1CCC1.[B]c1c([B])c([B])c2c(c1[B])c1c(n2-c2ccc3c(c2)c2ccccc2n3-c2ccccc2)C([B])C(C)c2c-1c1c([B])c([B])c([B])c3c4c([B])c(-c5ccccc5)c([B])c(CC)c4n2c13. The number of nitrogens with zero attached hydrogens (tertiary/aromatic N) is 3. The minimum Gasteiger partial charge on any atom is -0.314 e. The number of hydrogen-bond donors (Lipinski definition) is 0. The zero-order chi connectivity index (χ0) is 48.1. The topological polar surface area (TPSA) is 14.3 Å². The summed E-state index contributed by atoms with van der Waals surface area (Å²) in [7, 11) is 71.2. The molecule has 2 aliphatic rings. The zero-order valence-corrected chi connectivity index (χ0v) is 39.0. The maximum absolute atomic E-state index is 7.66. The number of hydrogen-bond acceptors (Lipinski definition) is 0. The molecular weight excluding hydrogens is 823 g/mol. The van der Waals surface area contributed by atoms with Crippen LogP contribution in [-0.2, 0) is 6.42 Å². The Morgan fingerprint density at radius 2 is 1.03 bits per heavy atom. The van der Waals surface area contributed by atoms with Crippen molar-refractivity contribution in [2.75, 3.05) is 0 Å². The van der Waals surface area contributed by atoms with Crippen molar-refractivity contribution in [3.8, 4) is 33.6 Å². The minimum absolute atomic E-state index is 0.181. The van der Waals surface area contributed by atoms with Crippen molar-refractivity contribution in [3.05, 3.63) is 120 Å². The van der Waals surface area contributed by atoms with E-state index in [1.807, 2.05) is 48.5 Å². The van der Waals surface area contributed by atoms with E-state index in [-0.39, 0.29) is 33.2 Å². The van der Waals surface area contributed by atoms with Gasteiger partial charge in [0.05, 0.1) is 29.9 Å². The molecule has 13 heteroatoms. The van der Waals surface area contributed by atoms with Crippen LogP contribution in [0.25, 0.3) is 93.5 Å². The zero-order valence-electron chi connectivity index (χ0n) is 39.0. The number of para-hydroxylation sites is 2. The number of fused-ring (bicyclic) bond motifs is 13. The van der Waals surface area contributed by atoms with Crippen LogP contribution in [-0.4, -0.2) is 92.0 Å². The Morgan fingerprint density at radius 1 is 0.478 bits per heavy atom. The maximum Gasteiger partial charge on any atom is 0.115 e. The molecule has 2 atom stereocenters. The smallest absolute Gasteiger partial charge is 0.115 e. The van der Waals surface area contributed by atoms with Gasteiger partial charge in [-0.2, -0.15) is 0 Å². The molecule has 0 amide bonds. The van der Waals surface area contributed by atoms with Gasteiger partial charge in [0, 0.05) is 66.3 Å². The third-order valence-electron chi connectivity index (χ3n) is 15.6. The van der Waals surface area contributed by atoms with Gasteiger partial charge in [-0.3, -0.25) is 0 Å². The van der Waals surface area contributed by atoms with Crippen LogP contribution in [0.15, 0.2) is 103 Å². The quantitative estimate of drug-likeness (QED) is 0.239. The average molecular weight is 860 g/mol. The highest BCUT2D eigenvalue weighted by Gasteiger charge is 2.41. The van der Waals surface area contributed by atoms with E-state index in [9.17, 15) is 0 Å². The summed E-state index contributed by atoms with van der Waals surface area (Å²) >= 11 is 0. The van der Waals surface area contributed by atoms with E-state index in [0.717, 1.165) is 94.7 Å². The van der Waals surface area contributed by atoms with Gasteiger partial charge in [0.25, 0.3) is 0 Å². The third kappa shape index (κ3) is 5.95. The van der Waals surface area contributed by atoms with Crippen LogP contribution < -0.4 is 49.2 Å². The molecule has 4 aromatic heterocycles. The van der Waals surface area contributed by atoms with E-state index in [0.29, 0.717) is 49.9 Å². The van der Waals surface area contributed by atoms with Crippen LogP contribution in [0.4, 0.5) is 0 Å². The van der Waals surface area contributed by atoms with Crippen molar-refractivity contribution >= 4 is 188 Å². The van der Waals surface area contributed by atoms with E-state index in [1.54, 1.807) is 0 Å². The van der Waals surface area contributed by atoms with E-state index >= 15 is 0 Å². The van der Waals surface area contributed by atoms with Crippen molar-refractivity contribution in [2.45, 2.75) is 58.2 Å². The summed E-state index contributed by atoms with van der Waals surface area (Å²) in [6.45, 7) is 6.52. The second-order valence-corrected chi connectivity index (χ2v) is 19.3. The van der Waals surface area contributed by atoms with Gasteiger partial charge in [0.2, 0.25) is 0 Å². The molecule has 0 saturated heterocycles. The summed E-state index contributed by atoms with van der Waals surface area (Å²) in [5.41, 5.74) is 14.9. The Kier molecular flexibility index (Phi) is 10.3. The van der Waals surface area contributed by atoms with Gasteiger partial charge in [0.15, 0.2) is 0 Å². The Bertz CT molecular complexity index is 3960. The maximum atomic E-state index is 7.66. The fraction of sp³-hybridized carbons (Fsp3) is 0.179. The molecular formula is C56H37B10N3. The predicted molar refractivity (Wildman–Crippen MR) is 303 cm³/mol. The van der Waals surface area contributed by atoms with E-state index < -0.39 is 5.82 Å². The number of rotatable bonds is 4. The van der Waals surface area contributed by atoms with Crippen LogP contribution >= 0.6 is 0 Å². The molecule has 2 aliphatic carbocycles. The van der Waals surface area contributed by atoms with Crippen LogP contribution in [0.2, 0.25) is 0 Å². The lowest BCUT2D eigenvalue weighted by Crippen LogP contribution is -2.48. The van der Waals surface area contributed by atoms with E-state index in [2.05, 4.69) is 88.9 Å². The summed E-state index contributed by atoms with van der Waals surface area (Å²) in [6.07, 6.45) is 5.05. The molecule has 1 fully saturated rings. The minimum atomic E-state index is -0.621. The Morgan fingerprint density at radius 3 is 1.68 bits per heavy atom. The fourth-order valence-corrected chi connectivity index (χ4v) is 11.9.